The van der Waals surface area contributed by atoms with Crippen molar-refractivity contribution in [3.05, 3.63) is 66.4 Å². The van der Waals surface area contributed by atoms with Gasteiger partial charge >= 0.3 is 12.2 Å². The van der Waals surface area contributed by atoms with Crippen LogP contribution in [-0.2, 0) is 28.5 Å². The van der Waals surface area contributed by atoms with Crippen LogP contribution in [0.25, 0.3) is 44.5 Å². The lowest BCUT2D eigenvalue weighted by atomic mass is 10.0. The van der Waals surface area contributed by atoms with Crippen molar-refractivity contribution in [1.29, 1.82) is 0 Å². The van der Waals surface area contributed by atoms with Crippen molar-refractivity contribution in [2.75, 3.05) is 40.5 Å². The second-order valence-corrected chi connectivity index (χ2v) is 16.7. The highest BCUT2D eigenvalue weighted by molar-refractivity contribution is 5.90. The minimum absolute atomic E-state index is 0.175. The fourth-order valence-electron chi connectivity index (χ4n) is 8.53. The fraction of sp³-hybridized carbons (Fsp3) is 0.465. The molecule has 5 aromatic rings. The van der Waals surface area contributed by atoms with E-state index < -0.39 is 72.9 Å². The first kappa shape index (κ1) is 42.5. The number of hydrogen-bond acceptors (Lipinski definition) is 11. The van der Waals surface area contributed by atoms with E-state index in [1.807, 2.05) is 56.3 Å². The highest BCUT2D eigenvalue weighted by atomic mass is 19.3. The molecule has 0 aliphatic carbocycles. The number of halogens is 2. The molecule has 62 heavy (non-hydrogen) atoms. The number of benzene rings is 2. The summed E-state index contributed by atoms with van der Waals surface area (Å²) in [6, 6.07) is 11.9. The van der Waals surface area contributed by atoms with Crippen LogP contribution in [0.15, 0.2) is 54.7 Å². The molecule has 3 saturated heterocycles. The number of methoxy groups -OCH3 is 2. The number of alkyl halides is 2. The average molecular weight is 858 g/mol. The Bertz CT molecular complexity index is 2520. The Labute approximate surface area is 355 Å². The van der Waals surface area contributed by atoms with Crippen molar-refractivity contribution in [3.8, 4) is 22.5 Å². The van der Waals surface area contributed by atoms with E-state index in [9.17, 15) is 28.0 Å². The number of aromatic amines is 2. The van der Waals surface area contributed by atoms with Gasteiger partial charge in [0.15, 0.2) is 5.79 Å². The summed E-state index contributed by atoms with van der Waals surface area (Å²) in [4.78, 5) is 75.2. The Morgan fingerprint density at radius 1 is 0.758 bits per heavy atom. The number of likely N-dealkylation sites (tertiary alicyclic amines) is 2. The number of rotatable bonds is 10. The fourth-order valence-corrected chi connectivity index (χ4v) is 8.53. The van der Waals surface area contributed by atoms with E-state index in [4.69, 9.17) is 24.2 Å². The molecule has 0 saturated carbocycles. The third kappa shape index (κ3) is 8.25. The highest BCUT2D eigenvalue weighted by Gasteiger charge is 2.53. The number of nitrogens with zero attached hydrogens (tertiary/aromatic N) is 5. The number of imidazole rings is 2. The van der Waals surface area contributed by atoms with E-state index in [0.29, 0.717) is 47.9 Å². The van der Waals surface area contributed by atoms with Gasteiger partial charge in [-0.25, -0.2) is 33.3 Å². The average Bonchev–Trinajstić information content (AvgIpc) is 4.11. The predicted octanol–water partition coefficient (Wildman–Crippen LogP) is 5.85. The van der Waals surface area contributed by atoms with E-state index in [-0.39, 0.29) is 24.2 Å². The van der Waals surface area contributed by atoms with Crippen molar-refractivity contribution < 1.29 is 46.9 Å². The standard InChI is InChI=1S/C43H49F2N9O8/c1-22(2)34(51-40(57)59-5)38(55)53-20-42(44,45)17-32(53)36-46-19-31(50-36)29-12-9-26-15-24(7-10-27(26)47-29)25-8-11-28-30(16-25)49-37(48-28)33-18-43(61-13-14-62-43)21-54(33)39(56)35(23(3)4)52-41(58)60-6/h7-12,15-16,19,22-23,32-35H,13-14,17-18,20-21H2,1-6H3,(H,46,50)(H,48,49)(H,51,57)(H,52,58)/t32?,33?,34-,35-/m0/s1. The van der Waals surface area contributed by atoms with Crippen LogP contribution in [0.2, 0.25) is 0 Å². The third-order valence-electron chi connectivity index (χ3n) is 11.7. The van der Waals surface area contributed by atoms with Crippen molar-refractivity contribution in [2.45, 2.75) is 76.4 Å². The summed E-state index contributed by atoms with van der Waals surface area (Å²) in [6.07, 6.45) is -0.295. The number of H-pyrrole nitrogens is 2. The quantitative estimate of drug-likeness (QED) is 0.131. The highest BCUT2D eigenvalue weighted by Crippen LogP contribution is 2.44. The Morgan fingerprint density at radius 3 is 1.98 bits per heavy atom. The molecule has 2 unspecified atom stereocenters. The maximum absolute atomic E-state index is 14.9. The minimum atomic E-state index is -3.16. The molecule has 3 fully saturated rings. The molecular formula is C43H49F2N9O8. The van der Waals surface area contributed by atoms with Crippen LogP contribution < -0.4 is 10.6 Å². The lowest BCUT2D eigenvalue weighted by Gasteiger charge is -2.30. The first-order valence-corrected chi connectivity index (χ1v) is 20.5. The molecular weight excluding hydrogens is 809 g/mol. The van der Waals surface area contributed by atoms with E-state index in [1.54, 1.807) is 24.8 Å². The topological polar surface area (TPSA) is 206 Å². The lowest BCUT2D eigenvalue weighted by Crippen LogP contribution is -2.52. The summed E-state index contributed by atoms with van der Waals surface area (Å²) in [6.45, 7) is 7.29. The molecule has 8 rings (SSSR count). The van der Waals surface area contributed by atoms with Gasteiger partial charge in [-0.15, -0.1) is 0 Å². The number of fused-ring (bicyclic) bond motifs is 2. The molecule has 4 amide bonds. The maximum Gasteiger partial charge on any atom is 0.407 e. The number of ether oxygens (including phenoxy) is 4. The molecule has 3 aromatic heterocycles. The maximum atomic E-state index is 14.9. The smallest absolute Gasteiger partial charge is 0.407 e. The molecule has 3 aliphatic heterocycles. The molecule has 4 atom stereocenters. The molecule has 0 radical (unpaired) electrons. The van der Waals surface area contributed by atoms with Gasteiger partial charge in [0.2, 0.25) is 11.8 Å². The molecule has 19 heteroatoms. The van der Waals surface area contributed by atoms with Gasteiger partial charge in [-0.3, -0.25) is 9.59 Å². The van der Waals surface area contributed by atoms with Gasteiger partial charge in [0.05, 0.1) is 86.7 Å². The van der Waals surface area contributed by atoms with Crippen LogP contribution in [-0.4, -0.2) is 123 Å². The van der Waals surface area contributed by atoms with Crippen molar-refractivity contribution >= 4 is 45.9 Å². The van der Waals surface area contributed by atoms with Crippen LogP contribution in [0.1, 0.15) is 64.3 Å². The second-order valence-electron chi connectivity index (χ2n) is 16.7. The third-order valence-corrected chi connectivity index (χ3v) is 11.7. The van der Waals surface area contributed by atoms with Crippen molar-refractivity contribution in [3.63, 3.8) is 0 Å². The Balaban J connectivity index is 1.02. The van der Waals surface area contributed by atoms with Crippen molar-refractivity contribution in [2.24, 2.45) is 11.8 Å². The van der Waals surface area contributed by atoms with Gasteiger partial charge in [-0.2, -0.15) is 0 Å². The Morgan fingerprint density at radius 2 is 1.35 bits per heavy atom. The van der Waals surface area contributed by atoms with Crippen LogP contribution >= 0.6 is 0 Å². The Hall–Kier alpha value is -6.21. The largest absolute Gasteiger partial charge is 0.453 e. The van der Waals surface area contributed by atoms with Crippen LogP contribution in [0.3, 0.4) is 0 Å². The zero-order valence-corrected chi connectivity index (χ0v) is 35.2. The number of pyridine rings is 1. The molecule has 6 heterocycles. The molecule has 3 aliphatic rings. The number of amides is 4. The van der Waals surface area contributed by atoms with E-state index in [2.05, 4.69) is 30.3 Å². The van der Waals surface area contributed by atoms with Crippen LogP contribution in [0.5, 0.6) is 0 Å². The number of carbonyl (C=O) groups excluding carboxylic acids is 4. The first-order valence-electron chi connectivity index (χ1n) is 20.5. The summed E-state index contributed by atoms with van der Waals surface area (Å²) >= 11 is 0. The zero-order chi connectivity index (χ0) is 44.1. The zero-order valence-electron chi connectivity index (χ0n) is 35.2. The summed E-state index contributed by atoms with van der Waals surface area (Å²) in [5, 5.41) is 6.00. The normalized spacial score (nSPS) is 20.4. The first-order chi connectivity index (χ1) is 29.6. The molecule has 2 aromatic carbocycles. The van der Waals surface area contributed by atoms with Crippen LogP contribution in [0.4, 0.5) is 18.4 Å². The van der Waals surface area contributed by atoms with Crippen molar-refractivity contribution in [1.82, 2.24) is 45.4 Å². The Kier molecular flexibility index (Phi) is 11.4. The lowest BCUT2D eigenvalue weighted by molar-refractivity contribution is -0.153. The predicted molar refractivity (Wildman–Crippen MR) is 220 cm³/mol. The second kappa shape index (κ2) is 16.6. The van der Waals surface area contributed by atoms with Gasteiger partial charge in [-0.05, 0) is 53.3 Å². The van der Waals surface area contributed by atoms with Crippen LogP contribution in [0, 0.1) is 11.8 Å². The minimum Gasteiger partial charge on any atom is -0.453 e. The number of aromatic nitrogens is 5. The van der Waals surface area contributed by atoms with Gasteiger partial charge < -0.3 is 49.3 Å². The van der Waals surface area contributed by atoms with Gasteiger partial charge in [0.1, 0.15) is 23.7 Å². The summed E-state index contributed by atoms with van der Waals surface area (Å²) in [7, 11) is 2.42. The SMILES string of the molecule is COC(=O)N[C@H](C(=O)N1CC(F)(F)CC1c1ncc(-c2ccc3cc(-c4ccc5nc(C6CC7(CN6C(=O)[C@@H](NC(=O)OC)C(C)C)OCCO7)[nH]c5c4)ccc3n2)[nH]1)C(C)C. The number of nitrogens with one attached hydrogen (secondary N) is 4. The van der Waals surface area contributed by atoms with Gasteiger partial charge in [0, 0.05) is 18.2 Å². The molecule has 17 nitrogen and oxygen atoms in total. The summed E-state index contributed by atoms with van der Waals surface area (Å²) in [5.41, 5.74) is 4.99. The van der Waals surface area contributed by atoms with E-state index in [1.165, 1.54) is 20.4 Å². The number of hydrogen-bond donors (Lipinski definition) is 4. The molecule has 328 valence electrons. The monoisotopic (exact) mass is 857 g/mol. The van der Waals surface area contributed by atoms with Gasteiger partial charge in [-0.1, -0.05) is 45.9 Å². The van der Waals surface area contributed by atoms with E-state index in [0.717, 1.165) is 26.9 Å². The van der Waals surface area contributed by atoms with E-state index >= 15 is 0 Å². The summed E-state index contributed by atoms with van der Waals surface area (Å²) in [5.74, 6) is -4.95. The molecule has 0 bridgehead atoms. The number of alkyl carbamates (subject to hydrolysis) is 2. The van der Waals surface area contributed by atoms with Gasteiger partial charge in [0.25, 0.3) is 5.92 Å². The molecule has 4 N–H and O–H groups in total. The summed E-state index contributed by atoms with van der Waals surface area (Å²) < 4.78 is 51.2. The number of carbonyl (C=O) groups is 4. The molecule has 1 spiro atoms.